The molecule has 0 spiro atoms. The van der Waals surface area contributed by atoms with Gasteiger partial charge in [0.25, 0.3) is 0 Å². The summed E-state index contributed by atoms with van der Waals surface area (Å²) < 4.78 is -0.180. The lowest BCUT2D eigenvalue weighted by Gasteiger charge is -2.29. The standard InChI is InChI=1S/C12H11BrO/c13-12(8-9-14)7-3-5-10-4-1-2-6-11(10)12/h1-6,9H,7-8H2. The molecule has 1 aliphatic carbocycles. The molecule has 0 amide bonds. The number of aldehydes is 1. The number of rotatable bonds is 2. The Morgan fingerprint density at radius 2 is 2.21 bits per heavy atom. The van der Waals surface area contributed by atoms with Gasteiger partial charge in [0.2, 0.25) is 0 Å². The maximum atomic E-state index is 10.6. The Labute approximate surface area is 92.0 Å². The minimum Gasteiger partial charge on any atom is -0.303 e. The number of carbonyl (C=O) groups is 1. The van der Waals surface area contributed by atoms with Crippen LogP contribution in [0.5, 0.6) is 0 Å². The predicted octanol–water partition coefficient (Wildman–Crippen LogP) is 3.28. The van der Waals surface area contributed by atoms with E-state index in [2.05, 4.69) is 40.2 Å². The number of halogens is 1. The Bertz CT molecular complexity index is 384. The van der Waals surface area contributed by atoms with Crippen LogP contribution in [0.2, 0.25) is 0 Å². The summed E-state index contributed by atoms with van der Waals surface area (Å²) >= 11 is 3.67. The zero-order valence-electron chi connectivity index (χ0n) is 7.74. The van der Waals surface area contributed by atoms with E-state index in [1.807, 2.05) is 12.1 Å². The van der Waals surface area contributed by atoms with E-state index in [0.717, 1.165) is 12.7 Å². The SMILES string of the molecule is O=CCC1(Br)CC=Cc2ccccc21. The van der Waals surface area contributed by atoms with Gasteiger partial charge in [-0.25, -0.2) is 0 Å². The van der Waals surface area contributed by atoms with Crippen LogP contribution in [-0.4, -0.2) is 6.29 Å². The first-order valence-corrected chi connectivity index (χ1v) is 5.44. The maximum absolute atomic E-state index is 10.6. The highest BCUT2D eigenvalue weighted by atomic mass is 79.9. The van der Waals surface area contributed by atoms with Crippen molar-refractivity contribution in [3.63, 3.8) is 0 Å². The topological polar surface area (TPSA) is 17.1 Å². The molecule has 0 radical (unpaired) electrons. The van der Waals surface area contributed by atoms with Gasteiger partial charge in [0.05, 0.1) is 4.32 Å². The van der Waals surface area contributed by atoms with E-state index in [-0.39, 0.29) is 4.32 Å². The van der Waals surface area contributed by atoms with Gasteiger partial charge in [-0.05, 0) is 17.5 Å². The molecule has 0 aromatic heterocycles. The molecule has 0 saturated carbocycles. The average Bonchev–Trinajstić information content (AvgIpc) is 2.19. The number of benzene rings is 1. The van der Waals surface area contributed by atoms with Gasteiger partial charge < -0.3 is 4.79 Å². The van der Waals surface area contributed by atoms with Gasteiger partial charge in [0, 0.05) is 6.42 Å². The second-order valence-electron chi connectivity index (χ2n) is 3.53. The number of alkyl halides is 1. The third-order valence-electron chi connectivity index (χ3n) is 2.59. The van der Waals surface area contributed by atoms with Gasteiger partial charge in [-0.3, -0.25) is 0 Å². The highest BCUT2D eigenvalue weighted by molar-refractivity contribution is 9.09. The van der Waals surface area contributed by atoms with Gasteiger partial charge >= 0.3 is 0 Å². The fourth-order valence-electron chi connectivity index (χ4n) is 1.86. The van der Waals surface area contributed by atoms with Crippen molar-refractivity contribution in [2.24, 2.45) is 0 Å². The zero-order chi connectivity index (χ0) is 10.0. The minimum atomic E-state index is -0.180. The van der Waals surface area contributed by atoms with Crippen LogP contribution in [0.15, 0.2) is 30.3 Å². The van der Waals surface area contributed by atoms with Gasteiger partial charge in [-0.1, -0.05) is 52.3 Å². The number of hydrogen-bond donors (Lipinski definition) is 0. The van der Waals surface area contributed by atoms with Crippen molar-refractivity contribution < 1.29 is 4.79 Å². The first kappa shape index (κ1) is 9.66. The average molecular weight is 251 g/mol. The number of hydrogen-bond acceptors (Lipinski definition) is 1. The lowest BCUT2D eigenvalue weighted by molar-refractivity contribution is -0.108. The van der Waals surface area contributed by atoms with Crippen LogP contribution >= 0.6 is 15.9 Å². The molecule has 1 aromatic carbocycles. The first-order chi connectivity index (χ1) is 6.76. The van der Waals surface area contributed by atoms with Crippen molar-refractivity contribution in [3.05, 3.63) is 41.5 Å². The van der Waals surface area contributed by atoms with Crippen molar-refractivity contribution in [1.29, 1.82) is 0 Å². The Hall–Kier alpha value is -0.890. The van der Waals surface area contributed by atoms with Crippen LogP contribution in [0.3, 0.4) is 0 Å². The summed E-state index contributed by atoms with van der Waals surface area (Å²) in [5, 5.41) is 0. The Balaban J connectivity index is 2.49. The second kappa shape index (κ2) is 3.70. The fraction of sp³-hybridized carbons (Fsp3) is 0.250. The molecular formula is C12H11BrO. The molecular weight excluding hydrogens is 240 g/mol. The molecule has 2 heteroatoms. The molecule has 1 atom stereocenters. The van der Waals surface area contributed by atoms with Crippen LogP contribution in [0.1, 0.15) is 24.0 Å². The lowest BCUT2D eigenvalue weighted by Crippen LogP contribution is -2.21. The summed E-state index contributed by atoms with van der Waals surface area (Å²) in [6.45, 7) is 0. The summed E-state index contributed by atoms with van der Waals surface area (Å²) in [5.41, 5.74) is 2.42. The molecule has 2 rings (SSSR count). The Morgan fingerprint density at radius 3 is 3.00 bits per heavy atom. The highest BCUT2D eigenvalue weighted by Crippen LogP contribution is 2.42. The molecule has 0 fully saturated rings. The largest absolute Gasteiger partial charge is 0.303 e. The van der Waals surface area contributed by atoms with Crippen molar-refractivity contribution in [2.45, 2.75) is 17.2 Å². The van der Waals surface area contributed by atoms with Gasteiger partial charge in [0.1, 0.15) is 6.29 Å². The number of fused-ring (bicyclic) bond motifs is 1. The van der Waals surface area contributed by atoms with Crippen molar-refractivity contribution in [3.8, 4) is 0 Å². The van der Waals surface area contributed by atoms with Crippen LogP contribution in [0.25, 0.3) is 6.08 Å². The fourth-order valence-corrected chi connectivity index (χ4v) is 2.54. The summed E-state index contributed by atoms with van der Waals surface area (Å²) in [7, 11) is 0. The number of allylic oxidation sites excluding steroid dienone is 1. The Kier molecular flexibility index (Phi) is 2.55. The van der Waals surface area contributed by atoms with Crippen LogP contribution in [0, 0.1) is 0 Å². The van der Waals surface area contributed by atoms with E-state index in [9.17, 15) is 4.79 Å². The monoisotopic (exact) mass is 250 g/mol. The Morgan fingerprint density at radius 1 is 1.43 bits per heavy atom. The molecule has 14 heavy (non-hydrogen) atoms. The smallest absolute Gasteiger partial charge is 0.121 e. The second-order valence-corrected chi connectivity index (χ2v) is 5.05. The summed E-state index contributed by atoms with van der Waals surface area (Å²) in [5.74, 6) is 0. The van der Waals surface area contributed by atoms with Gasteiger partial charge in [-0.15, -0.1) is 0 Å². The zero-order valence-corrected chi connectivity index (χ0v) is 9.33. The summed E-state index contributed by atoms with van der Waals surface area (Å²) in [6, 6.07) is 8.19. The van der Waals surface area contributed by atoms with Crippen LogP contribution in [-0.2, 0) is 9.12 Å². The van der Waals surface area contributed by atoms with E-state index in [4.69, 9.17) is 0 Å². The van der Waals surface area contributed by atoms with E-state index in [0.29, 0.717) is 6.42 Å². The number of carbonyl (C=O) groups excluding carboxylic acids is 1. The van der Waals surface area contributed by atoms with Gasteiger partial charge in [-0.2, -0.15) is 0 Å². The molecule has 0 heterocycles. The molecule has 0 N–H and O–H groups in total. The lowest BCUT2D eigenvalue weighted by atomic mass is 9.85. The van der Waals surface area contributed by atoms with E-state index >= 15 is 0 Å². The summed E-state index contributed by atoms with van der Waals surface area (Å²) in [4.78, 5) is 10.6. The van der Waals surface area contributed by atoms with Crippen molar-refractivity contribution in [2.75, 3.05) is 0 Å². The normalized spacial score (nSPS) is 24.4. The van der Waals surface area contributed by atoms with E-state index in [1.165, 1.54) is 11.1 Å². The van der Waals surface area contributed by atoms with Crippen LogP contribution < -0.4 is 0 Å². The first-order valence-electron chi connectivity index (χ1n) is 4.65. The molecule has 1 nitrogen and oxygen atoms in total. The quantitative estimate of drug-likeness (QED) is 0.582. The molecule has 0 bridgehead atoms. The molecule has 72 valence electrons. The van der Waals surface area contributed by atoms with Crippen molar-refractivity contribution in [1.82, 2.24) is 0 Å². The third-order valence-corrected chi connectivity index (χ3v) is 3.66. The van der Waals surface area contributed by atoms with E-state index in [1.54, 1.807) is 0 Å². The van der Waals surface area contributed by atoms with Gasteiger partial charge in [0.15, 0.2) is 0 Å². The van der Waals surface area contributed by atoms with E-state index < -0.39 is 0 Å². The predicted molar refractivity (Wildman–Crippen MR) is 61.4 cm³/mol. The molecule has 1 aliphatic rings. The van der Waals surface area contributed by atoms with Crippen LogP contribution in [0.4, 0.5) is 0 Å². The molecule has 0 aliphatic heterocycles. The summed E-state index contributed by atoms with van der Waals surface area (Å²) in [6.07, 6.45) is 6.60. The van der Waals surface area contributed by atoms with Crippen molar-refractivity contribution >= 4 is 28.3 Å². The minimum absolute atomic E-state index is 0.180. The maximum Gasteiger partial charge on any atom is 0.121 e. The third kappa shape index (κ3) is 1.55. The highest BCUT2D eigenvalue weighted by Gasteiger charge is 2.30. The molecule has 1 unspecified atom stereocenters. The molecule has 0 saturated heterocycles. The molecule has 1 aromatic rings.